The van der Waals surface area contributed by atoms with E-state index in [-0.39, 0.29) is 10.7 Å². The quantitative estimate of drug-likeness (QED) is 0.300. The highest BCUT2D eigenvalue weighted by atomic mass is 79.9. The third-order valence-corrected chi connectivity index (χ3v) is 5.82. The van der Waals surface area contributed by atoms with Crippen LogP contribution in [0.4, 0.5) is 5.69 Å². The van der Waals surface area contributed by atoms with Crippen LogP contribution in [0.15, 0.2) is 46.4 Å². The van der Waals surface area contributed by atoms with Gasteiger partial charge in [0.2, 0.25) is 0 Å². The molecule has 2 aromatic rings. The molecule has 0 aliphatic carbocycles. The summed E-state index contributed by atoms with van der Waals surface area (Å²) in [4.78, 5) is 29.1. The van der Waals surface area contributed by atoms with E-state index in [2.05, 4.69) is 15.9 Å². The van der Waals surface area contributed by atoms with E-state index >= 15 is 0 Å². The number of thiocarbonyl (C=S) groups is 1. The largest absolute Gasteiger partial charge is 0.492 e. The van der Waals surface area contributed by atoms with Crippen LogP contribution in [0.5, 0.6) is 11.5 Å². The normalized spacial score (nSPS) is 15.6. The van der Waals surface area contributed by atoms with E-state index in [1.807, 2.05) is 6.92 Å². The molecule has 1 aliphatic heterocycles. The first-order chi connectivity index (χ1) is 14.8. The van der Waals surface area contributed by atoms with Gasteiger partial charge >= 0.3 is 0 Å². The first-order valence-electron chi connectivity index (χ1n) is 9.50. The average molecular weight is 524 g/mol. The molecule has 1 fully saturated rings. The molecule has 0 aromatic heterocycles. The third kappa shape index (κ3) is 4.61. The van der Waals surface area contributed by atoms with Crippen molar-refractivity contribution in [2.75, 3.05) is 25.2 Å². The SMILES string of the molecule is CCOc1cc(/C=C2\C(=O)N(CC)C(=S)N(c3ccc(Cl)cc3)C2=O)cc(Br)c1OC. The Bertz CT molecular complexity index is 1070. The van der Waals surface area contributed by atoms with Gasteiger partial charge in [-0.05, 0) is 90.0 Å². The fraction of sp³-hybridized carbons (Fsp3) is 0.227. The smallest absolute Gasteiger partial charge is 0.270 e. The first kappa shape index (κ1) is 23.2. The standard InChI is InChI=1S/C22H20BrClN2O4S/c1-4-25-20(27)16(10-13-11-17(23)19(29-3)18(12-13)30-5-2)21(28)26(22(25)31)15-8-6-14(24)7-9-15/h6-12H,4-5H2,1-3H3/b16-10+. The van der Waals surface area contributed by atoms with Crippen molar-refractivity contribution in [1.29, 1.82) is 0 Å². The van der Waals surface area contributed by atoms with Gasteiger partial charge in [0.25, 0.3) is 11.8 Å². The van der Waals surface area contributed by atoms with Gasteiger partial charge in [0.15, 0.2) is 16.6 Å². The average Bonchev–Trinajstić information content (AvgIpc) is 2.73. The van der Waals surface area contributed by atoms with Gasteiger partial charge in [-0.1, -0.05) is 11.6 Å². The second-order valence-electron chi connectivity index (χ2n) is 6.47. The number of anilines is 1. The summed E-state index contributed by atoms with van der Waals surface area (Å²) < 4.78 is 11.7. The number of likely N-dealkylation sites (N-methyl/N-ethyl adjacent to an activating group) is 1. The number of hydrogen-bond donors (Lipinski definition) is 0. The highest BCUT2D eigenvalue weighted by molar-refractivity contribution is 9.10. The number of carbonyl (C=O) groups is 2. The molecule has 1 aliphatic rings. The summed E-state index contributed by atoms with van der Waals surface area (Å²) in [5.41, 5.74) is 1.12. The van der Waals surface area contributed by atoms with Crippen LogP contribution >= 0.6 is 39.7 Å². The number of ether oxygens (including phenoxy) is 2. The zero-order chi connectivity index (χ0) is 22.7. The Labute approximate surface area is 199 Å². The molecule has 3 rings (SSSR count). The van der Waals surface area contributed by atoms with Crippen molar-refractivity contribution >= 4 is 68.4 Å². The number of rotatable bonds is 6. The first-order valence-corrected chi connectivity index (χ1v) is 11.1. The summed E-state index contributed by atoms with van der Waals surface area (Å²) in [5.74, 6) is 0.0725. The van der Waals surface area contributed by atoms with Crippen molar-refractivity contribution < 1.29 is 19.1 Å². The van der Waals surface area contributed by atoms with Crippen molar-refractivity contribution in [3.63, 3.8) is 0 Å². The Kier molecular flexibility index (Phi) is 7.35. The van der Waals surface area contributed by atoms with E-state index < -0.39 is 11.8 Å². The van der Waals surface area contributed by atoms with Crippen LogP contribution in [0.25, 0.3) is 6.08 Å². The molecular weight excluding hydrogens is 504 g/mol. The molecule has 0 N–H and O–H groups in total. The van der Waals surface area contributed by atoms with E-state index in [1.54, 1.807) is 50.4 Å². The second-order valence-corrected chi connectivity index (χ2v) is 8.13. The maximum Gasteiger partial charge on any atom is 0.270 e. The van der Waals surface area contributed by atoms with E-state index in [0.717, 1.165) is 0 Å². The Morgan fingerprint density at radius 3 is 2.39 bits per heavy atom. The Hall–Kier alpha value is -2.42. The highest BCUT2D eigenvalue weighted by Crippen LogP contribution is 2.37. The molecule has 0 bridgehead atoms. The number of benzene rings is 2. The molecular formula is C22H20BrClN2O4S. The van der Waals surface area contributed by atoms with Crippen molar-refractivity contribution in [3.8, 4) is 11.5 Å². The maximum atomic E-state index is 13.3. The fourth-order valence-electron chi connectivity index (χ4n) is 3.17. The summed E-state index contributed by atoms with van der Waals surface area (Å²) in [6.45, 7) is 4.41. The molecule has 1 heterocycles. The summed E-state index contributed by atoms with van der Waals surface area (Å²) in [5, 5.41) is 0.660. The second kappa shape index (κ2) is 9.80. The third-order valence-electron chi connectivity index (χ3n) is 4.58. The highest BCUT2D eigenvalue weighted by Gasteiger charge is 2.39. The molecule has 31 heavy (non-hydrogen) atoms. The minimum absolute atomic E-state index is 0.00934. The molecule has 0 unspecified atom stereocenters. The lowest BCUT2D eigenvalue weighted by Gasteiger charge is -2.36. The number of hydrogen-bond acceptors (Lipinski definition) is 5. The Balaban J connectivity index is 2.11. The van der Waals surface area contributed by atoms with E-state index in [9.17, 15) is 9.59 Å². The van der Waals surface area contributed by atoms with Crippen molar-refractivity contribution in [2.45, 2.75) is 13.8 Å². The van der Waals surface area contributed by atoms with Crippen LogP contribution in [0.3, 0.4) is 0 Å². The number of carbonyl (C=O) groups excluding carboxylic acids is 2. The van der Waals surface area contributed by atoms with Gasteiger partial charge in [-0.2, -0.15) is 0 Å². The van der Waals surface area contributed by atoms with Crippen LogP contribution < -0.4 is 14.4 Å². The van der Waals surface area contributed by atoms with Gasteiger partial charge in [-0.25, -0.2) is 0 Å². The van der Waals surface area contributed by atoms with Gasteiger partial charge in [0.1, 0.15) is 5.57 Å². The molecule has 0 spiro atoms. The van der Waals surface area contributed by atoms with Gasteiger partial charge in [-0.3, -0.25) is 19.4 Å². The molecule has 9 heteroatoms. The summed E-state index contributed by atoms with van der Waals surface area (Å²) in [6, 6.07) is 10.2. The van der Waals surface area contributed by atoms with E-state index in [1.165, 1.54) is 15.9 Å². The van der Waals surface area contributed by atoms with E-state index in [0.29, 0.717) is 45.4 Å². The van der Waals surface area contributed by atoms with Gasteiger partial charge in [-0.15, -0.1) is 0 Å². The maximum absolute atomic E-state index is 13.3. The molecule has 162 valence electrons. The van der Waals surface area contributed by atoms with Crippen LogP contribution in [0.1, 0.15) is 19.4 Å². The van der Waals surface area contributed by atoms with Crippen LogP contribution in [-0.4, -0.2) is 42.1 Å². The molecule has 0 atom stereocenters. The van der Waals surface area contributed by atoms with Crippen molar-refractivity contribution in [3.05, 3.63) is 57.0 Å². The van der Waals surface area contributed by atoms with Crippen LogP contribution in [0.2, 0.25) is 5.02 Å². The fourth-order valence-corrected chi connectivity index (χ4v) is 4.32. The Morgan fingerprint density at radius 2 is 1.81 bits per heavy atom. The monoisotopic (exact) mass is 522 g/mol. The predicted octanol–water partition coefficient (Wildman–Crippen LogP) is 5.07. The summed E-state index contributed by atoms with van der Waals surface area (Å²) >= 11 is 14.9. The lowest BCUT2D eigenvalue weighted by molar-refractivity contribution is -0.127. The lowest BCUT2D eigenvalue weighted by atomic mass is 10.1. The van der Waals surface area contributed by atoms with Gasteiger partial charge in [0, 0.05) is 11.6 Å². The van der Waals surface area contributed by atoms with Crippen molar-refractivity contribution in [2.24, 2.45) is 0 Å². The number of methoxy groups -OCH3 is 1. The number of amides is 2. The topological polar surface area (TPSA) is 59.1 Å². The minimum Gasteiger partial charge on any atom is -0.492 e. The van der Waals surface area contributed by atoms with Gasteiger partial charge in [0.05, 0.1) is 23.9 Å². The molecule has 0 radical (unpaired) electrons. The minimum atomic E-state index is -0.507. The summed E-state index contributed by atoms with van der Waals surface area (Å²) in [7, 11) is 1.54. The molecule has 6 nitrogen and oxygen atoms in total. The molecule has 0 saturated carbocycles. The van der Waals surface area contributed by atoms with E-state index in [4.69, 9.17) is 33.3 Å². The van der Waals surface area contributed by atoms with Gasteiger partial charge < -0.3 is 9.47 Å². The lowest BCUT2D eigenvalue weighted by Crippen LogP contribution is -2.56. The number of halogens is 2. The zero-order valence-electron chi connectivity index (χ0n) is 17.1. The van der Waals surface area contributed by atoms with Crippen molar-refractivity contribution in [1.82, 2.24) is 4.90 Å². The van der Waals surface area contributed by atoms with Crippen LogP contribution in [-0.2, 0) is 9.59 Å². The molecule has 1 saturated heterocycles. The summed E-state index contributed by atoms with van der Waals surface area (Å²) in [6.07, 6.45) is 1.53. The Morgan fingerprint density at radius 1 is 1.13 bits per heavy atom. The molecule has 2 amide bonds. The zero-order valence-corrected chi connectivity index (χ0v) is 20.3. The predicted molar refractivity (Wildman–Crippen MR) is 129 cm³/mol. The molecule has 2 aromatic carbocycles. The van der Waals surface area contributed by atoms with Crippen LogP contribution in [0, 0.1) is 0 Å². The number of nitrogens with zero attached hydrogens (tertiary/aromatic N) is 2.